The first-order valence-corrected chi connectivity index (χ1v) is 7.61. The van der Waals surface area contributed by atoms with E-state index in [9.17, 15) is 4.79 Å². The number of rotatable bonds is 3. The molecule has 1 aromatic carbocycles. The standard InChI is InChI=1S/C17H24N2O/c1-16(2,19-15(20)17(3)9-10-17)13-7-4-8-14-12(13)6-5-11-18-14/h4,7-8,18H,5-6,9-11H2,1-3H3,(H,19,20). The van der Waals surface area contributed by atoms with Crippen LogP contribution in [0.3, 0.4) is 0 Å². The Kier molecular flexibility index (Phi) is 3.03. The lowest BCUT2D eigenvalue weighted by Crippen LogP contribution is -2.45. The number of benzene rings is 1. The van der Waals surface area contributed by atoms with Gasteiger partial charge in [-0.1, -0.05) is 19.1 Å². The fraction of sp³-hybridized carbons (Fsp3) is 0.588. The molecule has 0 aromatic heterocycles. The van der Waals surface area contributed by atoms with Gasteiger partial charge in [0.1, 0.15) is 0 Å². The minimum Gasteiger partial charge on any atom is -0.385 e. The van der Waals surface area contributed by atoms with Crippen molar-refractivity contribution in [3.8, 4) is 0 Å². The van der Waals surface area contributed by atoms with Crippen molar-refractivity contribution in [2.24, 2.45) is 5.41 Å². The van der Waals surface area contributed by atoms with Gasteiger partial charge in [0.25, 0.3) is 0 Å². The zero-order valence-electron chi connectivity index (χ0n) is 12.7. The second kappa shape index (κ2) is 4.51. The zero-order valence-corrected chi connectivity index (χ0v) is 12.7. The predicted molar refractivity (Wildman–Crippen MR) is 81.8 cm³/mol. The van der Waals surface area contributed by atoms with E-state index in [2.05, 4.69) is 49.6 Å². The van der Waals surface area contributed by atoms with E-state index in [1.54, 1.807) is 0 Å². The van der Waals surface area contributed by atoms with Crippen LogP contribution in [-0.4, -0.2) is 12.5 Å². The molecule has 0 saturated heterocycles. The molecule has 1 fully saturated rings. The van der Waals surface area contributed by atoms with E-state index in [0.717, 1.165) is 32.2 Å². The molecule has 20 heavy (non-hydrogen) atoms. The van der Waals surface area contributed by atoms with E-state index >= 15 is 0 Å². The van der Waals surface area contributed by atoms with Gasteiger partial charge in [-0.3, -0.25) is 4.79 Å². The summed E-state index contributed by atoms with van der Waals surface area (Å²) in [7, 11) is 0. The average Bonchev–Trinajstić information content (AvgIpc) is 3.17. The SMILES string of the molecule is CC1(C(=O)NC(C)(C)c2cccc3c2CCCN3)CC1. The first-order valence-electron chi connectivity index (χ1n) is 7.61. The number of carbonyl (C=O) groups is 1. The average molecular weight is 272 g/mol. The van der Waals surface area contributed by atoms with E-state index in [4.69, 9.17) is 0 Å². The van der Waals surface area contributed by atoms with Crippen molar-refractivity contribution in [2.75, 3.05) is 11.9 Å². The Morgan fingerprint density at radius 2 is 2.10 bits per heavy atom. The molecule has 3 nitrogen and oxygen atoms in total. The van der Waals surface area contributed by atoms with E-state index in [-0.39, 0.29) is 16.9 Å². The Hall–Kier alpha value is -1.51. The van der Waals surface area contributed by atoms with Gasteiger partial charge in [-0.15, -0.1) is 0 Å². The van der Waals surface area contributed by atoms with Gasteiger partial charge in [0.2, 0.25) is 5.91 Å². The molecule has 2 N–H and O–H groups in total. The molecule has 1 aliphatic carbocycles. The van der Waals surface area contributed by atoms with Crippen molar-refractivity contribution in [1.82, 2.24) is 5.32 Å². The number of hydrogen-bond acceptors (Lipinski definition) is 2. The maximum Gasteiger partial charge on any atom is 0.226 e. The van der Waals surface area contributed by atoms with Gasteiger partial charge in [0.15, 0.2) is 0 Å². The summed E-state index contributed by atoms with van der Waals surface area (Å²) < 4.78 is 0. The highest BCUT2D eigenvalue weighted by Crippen LogP contribution is 2.46. The molecule has 1 amide bonds. The molecule has 0 spiro atoms. The Morgan fingerprint density at radius 1 is 1.35 bits per heavy atom. The summed E-state index contributed by atoms with van der Waals surface area (Å²) in [4.78, 5) is 12.4. The Bertz CT molecular complexity index is 544. The van der Waals surface area contributed by atoms with Crippen LogP contribution in [-0.2, 0) is 16.8 Å². The lowest BCUT2D eigenvalue weighted by atomic mass is 9.85. The van der Waals surface area contributed by atoms with Crippen LogP contribution in [0.2, 0.25) is 0 Å². The summed E-state index contributed by atoms with van der Waals surface area (Å²) in [6, 6.07) is 6.37. The number of amides is 1. The third-order valence-electron chi connectivity index (χ3n) is 4.74. The third-order valence-corrected chi connectivity index (χ3v) is 4.74. The fourth-order valence-corrected chi connectivity index (χ4v) is 3.01. The molecule has 1 heterocycles. The molecule has 3 rings (SSSR count). The van der Waals surface area contributed by atoms with E-state index in [1.165, 1.54) is 16.8 Å². The molecule has 3 heteroatoms. The minimum absolute atomic E-state index is 0.121. The topological polar surface area (TPSA) is 41.1 Å². The van der Waals surface area contributed by atoms with Crippen LogP contribution in [0.5, 0.6) is 0 Å². The van der Waals surface area contributed by atoms with Crippen molar-refractivity contribution in [2.45, 2.75) is 52.0 Å². The van der Waals surface area contributed by atoms with E-state index < -0.39 is 0 Å². The van der Waals surface area contributed by atoms with Crippen LogP contribution in [0.1, 0.15) is 51.2 Å². The van der Waals surface area contributed by atoms with Crippen LogP contribution >= 0.6 is 0 Å². The molecule has 0 atom stereocenters. The van der Waals surface area contributed by atoms with Crippen molar-refractivity contribution in [3.63, 3.8) is 0 Å². The Morgan fingerprint density at radius 3 is 2.80 bits per heavy atom. The molecule has 108 valence electrons. The van der Waals surface area contributed by atoms with Crippen LogP contribution in [0.15, 0.2) is 18.2 Å². The minimum atomic E-state index is -0.312. The highest BCUT2D eigenvalue weighted by atomic mass is 16.2. The molecule has 1 aliphatic heterocycles. The number of anilines is 1. The van der Waals surface area contributed by atoms with Crippen LogP contribution in [0, 0.1) is 5.41 Å². The lowest BCUT2D eigenvalue weighted by Gasteiger charge is -2.33. The van der Waals surface area contributed by atoms with Crippen LogP contribution in [0.4, 0.5) is 5.69 Å². The number of carbonyl (C=O) groups excluding carboxylic acids is 1. The van der Waals surface area contributed by atoms with Crippen LogP contribution < -0.4 is 10.6 Å². The molecule has 1 aromatic rings. The van der Waals surface area contributed by atoms with Crippen molar-refractivity contribution >= 4 is 11.6 Å². The van der Waals surface area contributed by atoms with Gasteiger partial charge < -0.3 is 10.6 Å². The fourth-order valence-electron chi connectivity index (χ4n) is 3.01. The third kappa shape index (κ3) is 2.30. The molecule has 0 bridgehead atoms. The Balaban J connectivity index is 1.89. The summed E-state index contributed by atoms with van der Waals surface area (Å²) in [5.41, 5.74) is 3.41. The van der Waals surface area contributed by atoms with Crippen molar-refractivity contribution in [3.05, 3.63) is 29.3 Å². The number of hydrogen-bond donors (Lipinski definition) is 2. The van der Waals surface area contributed by atoms with Gasteiger partial charge >= 0.3 is 0 Å². The van der Waals surface area contributed by atoms with E-state index in [0.29, 0.717) is 0 Å². The van der Waals surface area contributed by atoms with Gasteiger partial charge in [-0.2, -0.15) is 0 Å². The predicted octanol–water partition coefficient (Wildman–Crippen LogP) is 3.20. The summed E-state index contributed by atoms with van der Waals surface area (Å²) in [5, 5.41) is 6.72. The normalized spacial score (nSPS) is 19.8. The number of fused-ring (bicyclic) bond motifs is 1. The first-order chi connectivity index (χ1) is 9.42. The van der Waals surface area contributed by atoms with E-state index in [1.807, 2.05) is 0 Å². The van der Waals surface area contributed by atoms with Crippen molar-refractivity contribution in [1.29, 1.82) is 0 Å². The Labute approximate surface area is 121 Å². The lowest BCUT2D eigenvalue weighted by molar-refractivity contribution is -0.127. The summed E-state index contributed by atoms with van der Waals surface area (Å²) in [5.74, 6) is 0.198. The maximum atomic E-state index is 12.4. The van der Waals surface area contributed by atoms with Crippen molar-refractivity contribution < 1.29 is 4.79 Å². The zero-order chi connectivity index (χ0) is 14.4. The molecular weight excluding hydrogens is 248 g/mol. The molecule has 0 radical (unpaired) electrons. The van der Waals surface area contributed by atoms with Gasteiger partial charge in [0.05, 0.1) is 5.54 Å². The molecular formula is C17H24N2O. The quantitative estimate of drug-likeness (QED) is 0.887. The molecule has 1 saturated carbocycles. The smallest absolute Gasteiger partial charge is 0.226 e. The van der Waals surface area contributed by atoms with Gasteiger partial charge in [0, 0.05) is 17.6 Å². The monoisotopic (exact) mass is 272 g/mol. The second-order valence-electron chi connectivity index (χ2n) is 7.00. The highest BCUT2D eigenvalue weighted by Gasteiger charge is 2.46. The summed E-state index contributed by atoms with van der Waals surface area (Å²) in [6.45, 7) is 7.32. The highest BCUT2D eigenvalue weighted by molar-refractivity contribution is 5.85. The molecule has 2 aliphatic rings. The number of nitrogens with one attached hydrogen (secondary N) is 2. The van der Waals surface area contributed by atoms with Gasteiger partial charge in [-0.25, -0.2) is 0 Å². The largest absolute Gasteiger partial charge is 0.385 e. The molecule has 0 unspecified atom stereocenters. The van der Waals surface area contributed by atoms with Crippen LogP contribution in [0.25, 0.3) is 0 Å². The second-order valence-corrected chi connectivity index (χ2v) is 7.00. The maximum absolute atomic E-state index is 12.4. The van der Waals surface area contributed by atoms with Gasteiger partial charge in [-0.05, 0) is 56.7 Å². The first kappa shape index (κ1) is 13.5. The summed E-state index contributed by atoms with van der Waals surface area (Å²) in [6.07, 6.45) is 4.29. The summed E-state index contributed by atoms with van der Waals surface area (Å²) >= 11 is 0.